The van der Waals surface area contributed by atoms with E-state index in [2.05, 4.69) is 4.74 Å². The van der Waals surface area contributed by atoms with E-state index in [-0.39, 0.29) is 23.6 Å². The van der Waals surface area contributed by atoms with E-state index < -0.39 is 23.7 Å². The summed E-state index contributed by atoms with van der Waals surface area (Å²) in [6, 6.07) is 3.77. The van der Waals surface area contributed by atoms with Crippen molar-refractivity contribution in [2.75, 3.05) is 6.61 Å². The van der Waals surface area contributed by atoms with E-state index in [4.69, 9.17) is 16.7 Å². The summed E-state index contributed by atoms with van der Waals surface area (Å²) in [4.78, 5) is 22.4. The largest absolute Gasteiger partial charge is 0.481 e. The molecule has 0 aliphatic heterocycles. The molecule has 1 aromatic carbocycles. The van der Waals surface area contributed by atoms with Gasteiger partial charge >= 0.3 is 11.9 Å². The van der Waals surface area contributed by atoms with Crippen molar-refractivity contribution in [3.05, 3.63) is 34.6 Å². The molecule has 0 heterocycles. The van der Waals surface area contributed by atoms with Crippen LogP contribution in [0, 0.1) is 11.7 Å². The summed E-state index contributed by atoms with van der Waals surface area (Å²) >= 11 is 5.69. The van der Waals surface area contributed by atoms with Crippen molar-refractivity contribution in [3.63, 3.8) is 0 Å². The van der Waals surface area contributed by atoms with Crippen molar-refractivity contribution in [3.8, 4) is 0 Å². The van der Waals surface area contributed by atoms with Gasteiger partial charge in [-0.3, -0.25) is 9.59 Å². The van der Waals surface area contributed by atoms with Crippen molar-refractivity contribution >= 4 is 23.5 Å². The number of carboxylic acids is 1. The summed E-state index contributed by atoms with van der Waals surface area (Å²) in [6.45, 7) is 1.64. The first-order chi connectivity index (χ1) is 8.45. The number of hydrogen-bond donors (Lipinski definition) is 1. The molecule has 0 bridgehead atoms. The predicted molar refractivity (Wildman–Crippen MR) is 62.9 cm³/mol. The second-order valence-electron chi connectivity index (χ2n) is 3.58. The molecule has 98 valence electrons. The van der Waals surface area contributed by atoms with E-state index >= 15 is 0 Å². The van der Waals surface area contributed by atoms with Crippen molar-refractivity contribution in [1.29, 1.82) is 0 Å². The SMILES string of the molecule is CCOC(=O)C(Cc1cc(Cl)ccc1F)C(=O)O. The van der Waals surface area contributed by atoms with Gasteiger partial charge in [-0.2, -0.15) is 0 Å². The molecule has 1 N–H and O–H groups in total. The zero-order valence-corrected chi connectivity index (χ0v) is 10.4. The molecule has 0 radical (unpaired) electrons. The molecule has 4 nitrogen and oxygen atoms in total. The highest BCUT2D eigenvalue weighted by atomic mass is 35.5. The van der Waals surface area contributed by atoms with E-state index in [1.165, 1.54) is 12.1 Å². The Labute approximate surface area is 108 Å². The molecule has 1 atom stereocenters. The molecule has 0 saturated heterocycles. The summed E-state index contributed by atoms with van der Waals surface area (Å²) in [5.41, 5.74) is 0.0722. The third-order valence-electron chi connectivity index (χ3n) is 2.30. The van der Waals surface area contributed by atoms with Crippen molar-refractivity contribution < 1.29 is 23.8 Å². The number of rotatable bonds is 5. The van der Waals surface area contributed by atoms with E-state index in [0.717, 1.165) is 6.07 Å². The number of hydrogen-bond acceptors (Lipinski definition) is 3. The minimum absolute atomic E-state index is 0.0701. The minimum Gasteiger partial charge on any atom is -0.481 e. The third kappa shape index (κ3) is 3.70. The van der Waals surface area contributed by atoms with Gasteiger partial charge in [0.05, 0.1) is 6.61 Å². The summed E-state index contributed by atoms with van der Waals surface area (Å²) in [5, 5.41) is 9.21. The third-order valence-corrected chi connectivity index (χ3v) is 2.54. The lowest BCUT2D eigenvalue weighted by Gasteiger charge is -2.12. The van der Waals surface area contributed by atoms with Gasteiger partial charge in [-0.1, -0.05) is 11.6 Å². The van der Waals surface area contributed by atoms with Crippen LogP contribution in [0.1, 0.15) is 12.5 Å². The van der Waals surface area contributed by atoms with E-state index in [0.29, 0.717) is 0 Å². The number of halogens is 2. The number of esters is 1. The molecular weight excluding hydrogens is 263 g/mol. The lowest BCUT2D eigenvalue weighted by atomic mass is 9.99. The quantitative estimate of drug-likeness (QED) is 0.661. The molecule has 0 aliphatic carbocycles. The van der Waals surface area contributed by atoms with Crippen LogP contribution in [0.2, 0.25) is 5.02 Å². The van der Waals surface area contributed by atoms with E-state index in [9.17, 15) is 14.0 Å². The van der Waals surface area contributed by atoms with Gasteiger partial charge in [0.25, 0.3) is 0 Å². The first kappa shape index (κ1) is 14.4. The van der Waals surface area contributed by atoms with E-state index in [1.54, 1.807) is 6.92 Å². The molecule has 0 aromatic heterocycles. The first-order valence-electron chi connectivity index (χ1n) is 5.29. The molecule has 1 aromatic rings. The van der Waals surface area contributed by atoms with Crippen LogP contribution >= 0.6 is 11.6 Å². The second kappa shape index (κ2) is 6.35. The molecule has 1 unspecified atom stereocenters. The van der Waals surface area contributed by atoms with Crippen molar-refractivity contribution in [1.82, 2.24) is 0 Å². The van der Waals surface area contributed by atoms with Gasteiger partial charge in [0, 0.05) is 5.02 Å². The van der Waals surface area contributed by atoms with Crippen LogP contribution < -0.4 is 0 Å². The number of carboxylic acid groups (broad SMARTS) is 1. The number of carbonyl (C=O) groups is 2. The number of benzene rings is 1. The Hall–Kier alpha value is -1.62. The van der Waals surface area contributed by atoms with Crippen molar-refractivity contribution in [2.24, 2.45) is 5.92 Å². The van der Waals surface area contributed by atoms with Crippen LogP contribution in [0.3, 0.4) is 0 Å². The summed E-state index contributed by atoms with van der Waals surface area (Å²) in [7, 11) is 0. The Bertz CT molecular complexity index is 461. The maximum absolute atomic E-state index is 13.4. The molecule has 0 fully saturated rings. The fraction of sp³-hybridized carbons (Fsp3) is 0.333. The number of ether oxygens (including phenoxy) is 1. The van der Waals surface area contributed by atoms with Gasteiger partial charge in [0.1, 0.15) is 5.82 Å². The zero-order chi connectivity index (χ0) is 13.7. The molecule has 1 rings (SSSR count). The number of carbonyl (C=O) groups excluding carboxylic acids is 1. The monoisotopic (exact) mass is 274 g/mol. The van der Waals surface area contributed by atoms with Crippen LogP contribution in [0.4, 0.5) is 4.39 Å². The lowest BCUT2D eigenvalue weighted by molar-refractivity contribution is -0.158. The molecule has 6 heteroatoms. The Morgan fingerprint density at radius 1 is 1.50 bits per heavy atom. The van der Waals surface area contributed by atoms with Gasteiger partial charge < -0.3 is 9.84 Å². The topological polar surface area (TPSA) is 63.6 Å². The fourth-order valence-corrected chi connectivity index (χ4v) is 1.63. The van der Waals surface area contributed by atoms with Gasteiger partial charge in [0.2, 0.25) is 0 Å². The van der Waals surface area contributed by atoms with Crippen LogP contribution in [0.5, 0.6) is 0 Å². The van der Waals surface area contributed by atoms with Crippen LogP contribution in [0.15, 0.2) is 18.2 Å². The van der Waals surface area contributed by atoms with Crippen molar-refractivity contribution in [2.45, 2.75) is 13.3 Å². The zero-order valence-electron chi connectivity index (χ0n) is 9.65. The fourth-order valence-electron chi connectivity index (χ4n) is 1.43. The molecule has 0 amide bonds. The average molecular weight is 275 g/mol. The molecule has 0 spiro atoms. The standard InChI is InChI=1S/C12H12ClFO4/c1-2-18-12(17)9(11(15)16)6-7-5-8(13)3-4-10(7)14/h3-5,9H,2,6H2,1H3,(H,15,16). The minimum atomic E-state index is -1.43. The number of aliphatic carboxylic acids is 1. The predicted octanol–water partition coefficient (Wildman–Crippen LogP) is 2.29. The van der Waals surface area contributed by atoms with Gasteiger partial charge in [0.15, 0.2) is 5.92 Å². The lowest BCUT2D eigenvalue weighted by Crippen LogP contribution is -2.28. The highest BCUT2D eigenvalue weighted by molar-refractivity contribution is 6.30. The van der Waals surface area contributed by atoms with Gasteiger partial charge in [-0.15, -0.1) is 0 Å². The summed E-state index contributed by atoms with van der Waals surface area (Å²) in [6.07, 6.45) is -0.291. The second-order valence-corrected chi connectivity index (χ2v) is 4.02. The highest BCUT2D eigenvalue weighted by Gasteiger charge is 2.28. The maximum Gasteiger partial charge on any atom is 0.320 e. The van der Waals surface area contributed by atoms with Crippen LogP contribution in [0.25, 0.3) is 0 Å². The van der Waals surface area contributed by atoms with Gasteiger partial charge in [-0.05, 0) is 37.1 Å². The normalized spacial score (nSPS) is 11.9. The van der Waals surface area contributed by atoms with E-state index in [1.807, 2.05) is 0 Å². The smallest absolute Gasteiger partial charge is 0.320 e. The molecule has 0 aliphatic rings. The Morgan fingerprint density at radius 2 is 2.17 bits per heavy atom. The summed E-state index contributed by atoms with van der Waals surface area (Å²) in [5.74, 6) is -4.27. The molecule has 18 heavy (non-hydrogen) atoms. The average Bonchev–Trinajstić information content (AvgIpc) is 2.30. The summed E-state index contributed by atoms with van der Waals surface area (Å²) < 4.78 is 18.1. The Balaban J connectivity index is 2.93. The first-order valence-corrected chi connectivity index (χ1v) is 5.66. The maximum atomic E-state index is 13.4. The highest BCUT2D eigenvalue weighted by Crippen LogP contribution is 2.19. The Kier molecular flexibility index (Phi) is 5.09. The van der Waals surface area contributed by atoms with Crippen LogP contribution in [-0.2, 0) is 20.7 Å². The Morgan fingerprint density at radius 3 is 2.72 bits per heavy atom. The molecule has 0 saturated carbocycles. The van der Waals surface area contributed by atoms with Crippen LogP contribution in [-0.4, -0.2) is 23.7 Å². The molecular formula is C12H12ClFO4. The van der Waals surface area contributed by atoms with Gasteiger partial charge in [-0.25, -0.2) is 4.39 Å².